The molecule has 2 aromatic heterocycles. The fraction of sp³-hybridized carbons (Fsp3) is 0.500. The molecule has 2 aromatic rings. The molecule has 0 aliphatic rings. The summed E-state index contributed by atoms with van der Waals surface area (Å²) in [5, 5.41) is 5.06. The van der Waals surface area contributed by atoms with Gasteiger partial charge in [-0.1, -0.05) is 18.7 Å². The quantitative estimate of drug-likeness (QED) is 0.693. The number of aromatic nitrogens is 5. The van der Waals surface area contributed by atoms with E-state index in [0.717, 1.165) is 23.2 Å². The molecule has 0 saturated heterocycles. The van der Waals surface area contributed by atoms with Crippen LogP contribution in [0, 0.1) is 6.92 Å². The van der Waals surface area contributed by atoms with E-state index in [-0.39, 0.29) is 0 Å². The van der Waals surface area contributed by atoms with Crippen LogP contribution in [-0.4, -0.2) is 30.8 Å². The van der Waals surface area contributed by atoms with Crippen LogP contribution in [0.4, 0.5) is 0 Å². The van der Waals surface area contributed by atoms with Crippen LogP contribution in [0.15, 0.2) is 5.16 Å². The fourth-order valence-corrected chi connectivity index (χ4v) is 1.69. The molecule has 0 unspecified atom stereocenters. The van der Waals surface area contributed by atoms with Crippen molar-refractivity contribution in [3.63, 3.8) is 0 Å². The topological polar surface area (TPSA) is 56.0 Å². The van der Waals surface area contributed by atoms with Gasteiger partial charge >= 0.3 is 0 Å². The second kappa shape index (κ2) is 3.53. The molecule has 0 aliphatic heterocycles. The maximum atomic E-state index is 4.36. The molecule has 0 amide bonds. The van der Waals surface area contributed by atoms with Crippen LogP contribution in [0.2, 0.25) is 0 Å². The van der Waals surface area contributed by atoms with E-state index in [9.17, 15) is 0 Å². The smallest absolute Gasteiger partial charge is 0.207 e. The van der Waals surface area contributed by atoms with Crippen molar-refractivity contribution >= 4 is 17.5 Å². The van der Waals surface area contributed by atoms with E-state index >= 15 is 0 Å². The molecule has 2 heterocycles. The minimum atomic E-state index is 0.638. The summed E-state index contributed by atoms with van der Waals surface area (Å²) in [4.78, 5) is 12.9. The van der Waals surface area contributed by atoms with E-state index in [1.165, 1.54) is 0 Å². The molecule has 0 N–H and O–H groups in total. The molecule has 0 bridgehead atoms. The van der Waals surface area contributed by atoms with Crippen LogP contribution in [0.3, 0.4) is 0 Å². The normalized spacial score (nSPS) is 11.1. The zero-order valence-electron chi connectivity index (χ0n) is 8.35. The van der Waals surface area contributed by atoms with Gasteiger partial charge in [-0.3, -0.25) is 0 Å². The molecule has 74 valence electrons. The molecule has 0 fully saturated rings. The van der Waals surface area contributed by atoms with Gasteiger partial charge in [0, 0.05) is 6.42 Å². The second-order valence-corrected chi connectivity index (χ2v) is 3.62. The SMILES string of the molecule is CCc1nc(SC)n2nc(C)nc2n1. The Bertz CT molecular complexity index is 464. The first kappa shape index (κ1) is 9.39. The molecule has 5 nitrogen and oxygen atoms in total. The predicted octanol–water partition coefficient (Wildman–Crippen LogP) is 1.11. The van der Waals surface area contributed by atoms with Gasteiger partial charge < -0.3 is 0 Å². The highest BCUT2D eigenvalue weighted by Crippen LogP contribution is 2.12. The van der Waals surface area contributed by atoms with Crippen molar-refractivity contribution in [2.45, 2.75) is 25.4 Å². The lowest BCUT2D eigenvalue weighted by molar-refractivity contribution is 0.730. The Balaban J connectivity index is 2.72. The molecule has 0 aromatic carbocycles. The predicted molar refractivity (Wildman–Crippen MR) is 54.5 cm³/mol. The lowest BCUT2D eigenvalue weighted by atomic mass is 10.5. The number of hydrogen-bond acceptors (Lipinski definition) is 5. The van der Waals surface area contributed by atoms with Crippen molar-refractivity contribution in [2.24, 2.45) is 0 Å². The Morgan fingerprint density at radius 2 is 2.07 bits per heavy atom. The lowest BCUT2D eigenvalue weighted by Crippen LogP contribution is -2.03. The number of rotatable bonds is 2. The minimum Gasteiger partial charge on any atom is -0.207 e. The number of aryl methyl sites for hydroxylation is 2. The van der Waals surface area contributed by atoms with Crippen molar-refractivity contribution < 1.29 is 0 Å². The molecule has 2 rings (SSSR count). The summed E-state index contributed by atoms with van der Waals surface area (Å²) in [7, 11) is 0. The molecule has 0 spiro atoms. The highest BCUT2D eigenvalue weighted by atomic mass is 32.2. The van der Waals surface area contributed by atoms with Gasteiger partial charge in [0.1, 0.15) is 11.6 Å². The van der Waals surface area contributed by atoms with Crippen molar-refractivity contribution in [1.82, 2.24) is 24.6 Å². The summed E-state index contributed by atoms with van der Waals surface area (Å²) in [6, 6.07) is 0. The van der Waals surface area contributed by atoms with Gasteiger partial charge in [-0.15, -0.1) is 5.10 Å². The third kappa shape index (κ3) is 1.45. The number of fused-ring (bicyclic) bond motifs is 1. The van der Waals surface area contributed by atoms with E-state index in [1.807, 2.05) is 20.1 Å². The lowest BCUT2D eigenvalue weighted by Gasteiger charge is -2.00. The van der Waals surface area contributed by atoms with Crippen molar-refractivity contribution in [2.75, 3.05) is 6.26 Å². The standard InChI is InChI=1S/C8H11N5S/c1-4-6-10-7-9-5(2)12-13(7)8(11-6)14-3/h4H2,1-3H3. The second-order valence-electron chi connectivity index (χ2n) is 2.85. The van der Waals surface area contributed by atoms with Crippen LogP contribution in [-0.2, 0) is 6.42 Å². The van der Waals surface area contributed by atoms with Gasteiger partial charge in [0.2, 0.25) is 0 Å². The summed E-state index contributed by atoms with van der Waals surface area (Å²) >= 11 is 1.55. The van der Waals surface area contributed by atoms with Crippen LogP contribution < -0.4 is 0 Å². The summed E-state index contributed by atoms with van der Waals surface area (Å²) in [6.45, 7) is 3.88. The summed E-state index contributed by atoms with van der Waals surface area (Å²) in [6.07, 6.45) is 2.79. The van der Waals surface area contributed by atoms with Gasteiger partial charge in [0.15, 0.2) is 5.16 Å². The van der Waals surface area contributed by atoms with Crippen LogP contribution in [0.25, 0.3) is 5.78 Å². The fourth-order valence-electron chi connectivity index (χ4n) is 1.19. The third-order valence-electron chi connectivity index (χ3n) is 1.83. The molecular weight excluding hydrogens is 198 g/mol. The van der Waals surface area contributed by atoms with Crippen LogP contribution >= 0.6 is 11.8 Å². The molecule has 6 heteroatoms. The summed E-state index contributed by atoms with van der Waals surface area (Å²) in [5.41, 5.74) is 0. The Kier molecular flexibility index (Phi) is 2.37. The van der Waals surface area contributed by atoms with Gasteiger partial charge in [-0.25, -0.2) is 4.98 Å². The number of hydrogen-bond donors (Lipinski definition) is 0. The van der Waals surface area contributed by atoms with E-state index in [4.69, 9.17) is 0 Å². The number of thioether (sulfide) groups is 1. The Hall–Kier alpha value is -1.17. The first-order chi connectivity index (χ1) is 6.74. The highest BCUT2D eigenvalue weighted by Gasteiger charge is 2.08. The molecule has 0 saturated carbocycles. The first-order valence-electron chi connectivity index (χ1n) is 4.39. The zero-order chi connectivity index (χ0) is 10.1. The largest absolute Gasteiger partial charge is 0.256 e. The maximum Gasteiger partial charge on any atom is 0.256 e. The van der Waals surface area contributed by atoms with E-state index < -0.39 is 0 Å². The van der Waals surface area contributed by atoms with Crippen molar-refractivity contribution in [3.05, 3.63) is 11.6 Å². The molecule has 14 heavy (non-hydrogen) atoms. The summed E-state index contributed by atoms with van der Waals surface area (Å²) in [5.74, 6) is 2.18. The average Bonchev–Trinajstić information content (AvgIpc) is 2.56. The van der Waals surface area contributed by atoms with E-state index in [0.29, 0.717) is 5.78 Å². The zero-order valence-corrected chi connectivity index (χ0v) is 9.17. The first-order valence-corrected chi connectivity index (χ1v) is 5.61. The van der Waals surface area contributed by atoms with Crippen molar-refractivity contribution in [3.8, 4) is 0 Å². The monoisotopic (exact) mass is 209 g/mol. The molecule has 0 radical (unpaired) electrons. The van der Waals surface area contributed by atoms with Crippen LogP contribution in [0.1, 0.15) is 18.6 Å². The van der Waals surface area contributed by atoms with E-state index in [2.05, 4.69) is 20.1 Å². The summed E-state index contributed by atoms with van der Waals surface area (Å²) < 4.78 is 1.68. The Morgan fingerprint density at radius 1 is 1.29 bits per heavy atom. The van der Waals surface area contributed by atoms with Crippen LogP contribution in [0.5, 0.6) is 0 Å². The van der Waals surface area contributed by atoms with Gasteiger partial charge in [-0.2, -0.15) is 14.5 Å². The maximum absolute atomic E-state index is 4.36. The Labute approximate surface area is 86.0 Å². The molecular formula is C8H11N5S. The highest BCUT2D eigenvalue weighted by molar-refractivity contribution is 7.98. The molecule has 0 atom stereocenters. The van der Waals surface area contributed by atoms with Gasteiger partial charge in [0.05, 0.1) is 0 Å². The average molecular weight is 209 g/mol. The minimum absolute atomic E-state index is 0.638. The van der Waals surface area contributed by atoms with E-state index in [1.54, 1.807) is 16.3 Å². The molecule has 0 aliphatic carbocycles. The van der Waals surface area contributed by atoms with Crippen molar-refractivity contribution in [1.29, 1.82) is 0 Å². The van der Waals surface area contributed by atoms with Gasteiger partial charge in [0.25, 0.3) is 5.78 Å². The number of nitrogens with zero attached hydrogens (tertiary/aromatic N) is 5. The third-order valence-corrected chi connectivity index (χ3v) is 2.46. The Morgan fingerprint density at radius 3 is 2.71 bits per heavy atom. The van der Waals surface area contributed by atoms with Gasteiger partial charge in [-0.05, 0) is 13.2 Å².